The van der Waals surface area contributed by atoms with Gasteiger partial charge in [0.1, 0.15) is 11.6 Å². The third-order valence-electron chi connectivity index (χ3n) is 4.59. The number of carbonyl (C=O) groups excluding carboxylic acids is 1. The predicted octanol–water partition coefficient (Wildman–Crippen LogP) is 2.79. The lowest BCUT2D eigenvalue weighted by atomic mass is 9.81. The lowest BCUT2D eigenvalue weighted by molar-refractivity contribution is -0.162. The fourth-order valence-electron chi connectivity index (χ4n) is 3.82. The molecule has 4 unspecified atom stereocenters. The minimum Gasteiger partial charge on any atom is -0.459 e. The summed E-state index contributed by atoms with van der Waals surface area (Å²) in [6.07, 6.45) is 3.20. The van der Waals surface area contributed by atoms with Gasteiger partial charge in [0.25, 0.3) is 0 Å². The maximum absolute atomic E-state index is 12.3. The molecular weight excluding hydrogens is 288 g/mol. The number of esters is 1. The second-order valence-electron chi connectivity index (χ2n) is 8.01. The summed E-state index contributed by atoms with van der Waals surface area (Å²) in [6.45, 7) is 7.81. The van der Waals surface area contributed by atoms with Crippen LogP contribution in [0.2, 0.25) is 0 Å². The van der Waals surface area contributed by atoms with Gasteiger partial charge in [-0.3, -0.25) is 4.79 Å². The summed E-state index contributed by atoms with van der Waals surface area (Å²) in [5.74, 6) is 1.12. The summed E-state index contributed by atoms with van der Waals surface area (Å²) in [5, 5.41) is 2.24. The van der Waals surface area contributed by atoms with E-state index < -0.39 is 5.60 Å². The molecule has 2 aliphatic rings. The van der Waals surface area contributed by atoms with Crippen LogP contribution in [0.1, 0.15) is 39.2 Å². The van der Waals surface area contributed by atoms with Crippen LogP contribution in [0.4, 0.5) is 0 Å². The number of benzene rings is 1. The number of ether oxygens (including phenoxy) is 1. The fraction of sp³-hybridized carbons (Fsp3) is 0.632. The zero-order valence-electron chi connectivity index (χ0n) is 14.4. The Labute approximate surface area is 139 Å². The number of rotatable bonds is 3. The molecule has 2 fully saturated rings. The standard InChI is InChI=1S/C19H28N2O2/c1-19(2,3)23-18(22)17-11-16-10-15(12-21(13-16)20-17)9-14-7-5-4-6-8-14/h4-8,15-17,20H,9-13H2,1-3H3. The van der Waals surface area contributed by atoms with E-state index in [1.54, 1.807) is 0 Å². The number of hydrogen-bond acceptors (Lipinski definition) is 4. The number of hydrazine groups is 1. The molecule has 4 nitrogen and oxygen atoms in total. The van der Waals surface area contributed by atoms with Gasteiger partial charge in [0.2, 0.25) is 0 Å². The highest BCUT2D eigenvalue weighted by molar-refractivity contribution is 5.76. The van der Waals surface area contributed by atoms with Crippen molar-refractivity contribution in [3.63, 3.8) is 0 Å². The predicted molar refractivity (Wildman–Crippen MR) is 90.7 cm³/mol. The second kappa shape index (κ2) is 6.62. The average molecular weight is 316 g/mol. The maximum atomic E-state index is 12.3. The molecule has 1 aromatic rings. The molecule has 23 heavy (non-hydrogen) atoms. The molecule has 4 atom stereocenters. The van der Waals surface area contributed by atoms with Crippen LogP contribution < -0.4 is 5.43 Å². The van der Waals surface area contributed by atoms with Gasteiger partial charge >= 0.3 is 5.97 Å². The van der Waals surface area contributed by atoms with Crippen LogP contribution in [0.5, 0.6) is 0 Å². The monoisotopic (exact) mass is 316 g/mol. The first kappa shape index (κ1) is 16.5. The Morgan fingerprint density at radius 3 is 2.61 bits per heavy atom. The third-order valence-corrected chi connectivity index (χ3v) is 4.59. The van der Waals surface area contributed by atoms with Crippen molar-refractivity contribution < 1.29 is 9.53 Å². The van der Waals surface area contributed by atoms with Crippen molar-refractivity contribution in [2.24, 2.45) is 11.8 Å². The van der Waals surface area contributed by atoms with Crippen molar-refractivity contribution in [1.29, 1.82) is 0 Å². The van der Waals surface area contributed by atoms with Crippen molar-refractivity contribution in [3.8, 4) is 0 Å². The molecular formula is C19H28N2O2. The van der Waals surface area contributed by atoms with Crippen LogP contribution in [-0.2, 0) is 16.0 Å². The number of piperidine rings is 1. The van der Waals surface area contributed by atoms with E-state index >= 15 is 0 Å². The topological polar surface area (TPSA) is 41.6 Å². The molecule has 0 aliphatic carbocycles. The Bertz CT molecular complexity index is 524. The van der Waals surface area contributed by atoms with E-state index in [2.05, 4.69) is 40.8 Å². The van der Waals surface area contributed by atoms with E-state index in [4.69, 9.17) is 4.74 Å². The summed E-state index contributed by atoms with van der Waals surface area (Å²) in [6, 6.07) is 10.5. The number of nitrogens with zero attached hydrogens (tertiary/aromatic N) is 1. The van der Waals surface area contributed by atoms with Crippen LogP contribution in [0.3, 0.4) is 0 Å². The summed E-state index contributed by atoms with van der Waals surface area (Å²) < 4.78 is 5.54. The zero-order valence-corrected chi connectivity index (χ0v) is 14.4. The van der Waals surface area contributed by atoms with Gasteiger partial charge < -0.3 is 4.74 Å². The van der Waals surface area contributed by atoms with Crippen LogP contribution >= 0.6 is 0 Å². The molecule has 0 aromatic heterocycles. The van der Waals surface area contributed by atoms with E-state index in [0.29, 0.717) is 11.8 Å². The lowest BCUT2D eigenvalue weighted by Gasteiger charge is -2.45. The van der Waals surface area contributed by atoms with Crippen LogP contribution in [-0.4, -0.2) is 35.7 Å². The minimum absolute atomic E-state index is 0.117. The summed E-state index contributed by atoms with van der Waals surface area (Å²) in [4.78, 5) is 12.3. The van der Waals surface area contributed by atoms with Gasteiger partial charge in [0.05, 0.1) is 0 Å². The maximum Gasteiger partial charge on any atom is 0.325 e. The Morgan fingerprint density at radius 2 is 1.96 bits per heavy atom. The highest BCUT2D eigenvalue weighted by Crippen LogP contribution is 2.31. The van der Waals surface area contributed by atoms with Gasteiger partial charge in [-0.2, -0.15) is 0 Å². The largest absolute Gasteiger partial charge is 0.459 e. The Hall–Kier alpha value is -1.39. The van der Waals surface area contributed by atoms with Gasteiger partial charge in [-0.1, -0.05) is 30.3 Å². The van der Waals surface area contributed by atoms with E-state index in [1.807, 2.05) is 20.8 Å². The highest BCUT2D eigenvalue weighted by atomic mass is 16.6. The first-order valence-corrected chi connectivity index (χ1v) is 8.67. The molecule has 2 aliphatic heterocycles. The molecule has 1 N–H and O–H groups in total. The highest BCUT2D eigenvalue weighted by Gasteiger charge is 2.38. The fourth-order valence-corrected chi connectivity index (χ4v) is 3.82. The minimum atomic E-state index is -0.420. The van der Waals surface area contributed by atoms with E-state index in [0.717, 1.165) is 25.9 Å². The number of carbonyl (C=O) groups is 1. The van der Waals surface area contributed by atoms with E-state index in [9.17, 15) is 4.79 Å². The molecule has 0 spiro atoms. The van der Waals surface area contributed by atoms with Crippen molar-refractivity contribution in [1.82, 2.24) is 10.4 Å². The van der Waals surface area contributed by atoms with Crippen LogP contribution in [0.25, 0.3) is 0 Å². The molecule has 1 aromatic carbocycles. The van der Waals surface area contributed by atoms with Gasteiger partial charge in [0, 0.05) is 13.1 Å². The quantitative estimate of drug-likeness (QED) is 0.871. The SMILES string of the molecule is CC(C)(C)OC(=O)C1CC2CC(Cc3ccccc3)CN(C2)N1. The average Bonchev–Trinajstić information content (AvgIpc) is 2.45. The molecule has 0 radical (unpaired) electrons. The van der Waals surface area contributed by atoms with Crippen molar-refractivity contribution in [3.05, 3.63) is 35.9 Å². The third kappa shape index (κ3) is 4.55. The van der Waals surface area contributed by atoms with E-state index in [1.165, 1.54) is 12.0 Å². The van der Waals surface area contributed by atoms with Gasteiger partial charge in [-0.05, 0) is 57.4 Å². The molecule has 2 heterocycles. The molecule has 4 heteroatoms. The summed E-state index contributed by atoms with van der Waals surface area (Å²) in [7, 11) is 0. The number of hydrogen-bond donors (Lipinski definition) is 1. The Kier molecular flexibility index (Phi) is 4.74. The van der Waals surface area contributed by atoms with Crippen LogP contribution in [0.15, 0.2) is 30.3 Å². The Balaban J connectivity index is 1.57. The second-order valence-corrected chi connectivity index (χ2v) is 8.01. The molecule has 0 saturated carbocycles. The zero-order chi connectivity index (χ0) is 16.4. The number of fused-ring (bicyclic) bond motifs is 2. The van der Waals surface area contributed by atoms with Gasteiger partial charge in [-0.25, -0.2) is 10.4 Å². The molecule has 2 saturated heterocycles. The normalized spacial score (nSPS) is 30.7. The number of nitrogens with one attached hydrogen (secondary N) is 1. The van der Waals surface area contributed by atoms with Gasteiger partial charge in [0.15, 0.2) is 0 Å². The molecule has 0 amide bonds. The molecule has 2 bridgehead atoms. The van der Waals surface area contributed by atoms with Crippen molar-refractivity contribution in [2.75, 3.05) is 13.1 Å². The first-order chi connectivity index (χ1) is 10.9. The van der Waals surface area contributed by atoms with Crippen LogP contribution in [0, 0.1) is 11.8 Å². The van der Waals surface area contributed by atoms with Crippen molar-refractivity contribution >= 4 is 5.97 Å². The summed E-state index contributed by atoms with van der Waals surface area (Å²) in [5.41, 5.74) is 4.37. The summed E-state index contributed by atoms with van der Waals surface area (Å²) >= 11 is 0. The Morgan fingerprint density at radius 1 is 1.22 bits per heavy atom. The smallest absolute Gasteiger partial charge is 0.325 e. The first-order valence-electron chi connectivity index (χ1n) is 8.67. The molecule has 3 rings (SSSR count). The van der Waals surface area contributed by atoms with E-state index in [-0.39, 0.29) is 12.0 Å². The lowest BCUT2D eigenvalue weighted by Crippen LogP contribution is -2.60. The molecule has 126 valence electrons. The van der Waals surface area contributed by atoms with Crippen molar-refractivity contribution in [2.45, 2.75) is 51.7 Å². The van der Waals surface area contributed by atoms with Gasteiger partial charge in [-0.15, -0.1) is 0 Å².